The van der Waals surface area contributed by atoms with E-state index in [-0.39, 0.29) is 6.42 Å². The van der Waals surface area contributed by atoms with Crippen LogP contribution in [0, 0.1) is 11.3 Å². The second-order valence-electron chi connectivity index (χ2n) is 8.62. The van der Waals surface area contributed by atoms with E-state index in [1.807, 2.05) is 13.1 Å². The van der Waals surface area contributed by atoms with Crippen molar-refractivity contribution in [3.63, 3.8) is 0 Å². The molecule has 0 aliphatic heterocycles. The van der Waals surface area contributed by atoms with Crippen LogP contribution < -0.4 is 10.1 Å². The summed E-state index contributed by atoms with van der Waals surface area (Å²) < 4.78 is 10.3. The van der Waals surface area contributed by atoms with Gasteiger partial charge in [0, 0.05) is 12.0 Å². The fourth-order valence-electron chi connectivity index (χ4n) is 4.22. The van der Waals surface area contributed by atoms with Gasteiger partial charge in [-0.05, 0) is 41.4 Å². The van der Waals surface area contributed by atoms with E-state index in [0.29, 0.717) is 22.9 Å². The van der Waals surface area contributed by atoms with Crippen molar-refractivity contribution in [2.45, 2.75) is 36.5 Å². The summed E-state index contributed by atoms with van der Waals surface area (Å²) in [5.74, 6) is -1.30. The lowest BCUT2D eigenvalue weighted by molar-refractivity contribution is -0.145. The van der Waals surface area contributed by atoms with Gasteiger partial charge >= 0.3 is 5.97 Å². The number of methoxy groups -OCH3 is 2. The van der Waals surface area contributed by atoms with Gasteiger partial charge in [-0.1, -0.05) is 49.5 Å². The summed E-state index contributed by atoms with van der Waals surface area (Å²) in [6.07, 6.45) is 1.53. The molecule has 2 atom stereocenters. The van der Waals surface area contributed by atoms with Crippen LogP contribution in [0.4, 0.5) is 0 Å². The van der Waals surface area contributed by atoms with Gasteiger partial charge in [-0.3, -0.25) is 14.9 Å². The molecule has 0 radical (unpaired) electrons. The van der Waals surface area contributed by atoms with Crippen molar-refractivity contribution in [3.05, 3.63) is 78.4 Å². The minimum atomic E-state index is -2.51. The topological polar surface area (TPSA) is 105 Å². The number of ether oxygens (including phenoxy) is 2. The summed E-state index contributed by atoms with van der Waals surface area (Å²) in [4.78, 5) is 38.9. The standard InChI is InChI=1S/C26H30N2O5Si/c1-6-16-34(4,5)22(17-23(29)28-24(30)19-10-8-7-9-11-19)26(18-27,25(31)33-3)20-12-14-21(32-2)15-13-20/h6-15,22H,1,16-17H2,2-5H3,(H,28,29,30)/t22-,26+/m1/s1. The molecule has 0 saturated heterocycles. The number of nitrogens with zero attached hydrogens (tertiary/aromatic N) is 1. The Kier molecular flexibility index (Phi) is 8.93. The van der Waals surface area contributed by atoms with Gasteiger partial charge in [-0.2, -0.15) is 5.26 Å². The van der Waals surface area contributed by atoms with E-state index in [9.17, 15) is 19.6 Å². The molecule has 8 heteroatoms. The molecular formula is C26H30N2O5Si. The van der Waals surface area contributed by atoms with E-state index in [2.05, 4.69) is 18.0 Å². The molecule has 2 aromatic carbocycles. The minimum absolute atomic E-state index is 0.208. The first-order valence-electron chi connectivity index (χ1n) is 10.8. The SMILES string of the molecule is C=CC[Si](C)(C)[C@H](CC(=O)NC(=O)c1ccccc1)[C@@](C#N)(C(=O)OC)c1ccc(OC)cc1. The number of nitrogens with one attached hydrogen (secondary N) is 1. The molecule has 0 unspecified atom stereocenters. The summed E-state index contributed by atoms with van der Waals surface area (Å²) in [7, 11) is 0.225. The molecule has 0 aliphatic carbocycles. The molecule has 0 spiro atoms. The van der Waals surface area contributed by atoms with E-state index in [1.165, 1.54) is 14.2 Å². The highest BCUT2D eigenvalue weighted by Crippen LogP contribution is 2.47. The fraction of sp³-hybridized carbons (Fsp3) is 0.308. The predicted molar refractivity (Wildman–Crippen MR) is 132 cm³/mol. The van der Waals surface area contributed by atoms with Gasteiger partial charge in [0.15, 0.2) is 5.41 Å². The van der Waals surface area contributed by atoms with Crippen LogP contribution in [0.15, 0.2) is 67.3 Å². The van der Waals surface area contributed by atoms with E-state index in [0.717, 1.165) is 0 Å². The van der Waals surface area contributed by atoms with Crippen LogP contribution in [0.5, 0.6) is 5.75 Å². The molecule has 0 fully saturated rings. The number of carbonyl (C=O) groups is 3. The lowest BCUT2D eigenvalue weighted by atomic mass is 9.77. The van der Waals surface area contributed by atoms with Gasteiger partial charge in [-0.15, -0.1) is 6.58 Å². The first-order valence-corrected chi connectivity index (χ1v) is 14.1. The zero-order valence-corrected chi connectivity index (χ0v) is 21.0. The number of rotatable bonds is 10. The Morgan fingerprint density at radius 2 is 1.74 bits per heavy atom. The zero-order valence-electron chi connectivity index (χ0n) is 20.0. The second-order valence-corrected chi connectivity index (χ2v) is 13.7. The van der Waals surface area contributed by atoms with Crippen molar-refractivity contribution in [3.8, 4) is 11.8 Å². The van der Waals surface area contributed by atoms with E-state index in [1.54, 1.807) is 60.7 Å². The third-order valence-electron chi connectivity index (χ3n) is 6.04. The Morgan fingerprint density at radius 3 is 2.24 bits per heavy atom. The Balaban J connectivity index is 2.56. The highest BCUT2D eigenvalue weighted by molar-refractivity contribution is 6.80. The molecule has 2 amide bonds. The first-order chi connectivity index (χ1) is 16.2. The third kappa shape index (κ3) is 5.61. The highest BCUT2D eigenvalue weighted by atomic mass is 28.3. The average Bonchev–Trinajstić information content (AvgIpc) is 2.84. The van der Waals surface area contributed by atoms with Crippen LogP contribution in [0.3, 0.4) is 0 Å². The molecule has 0 heterocycles. The summed E-state index contributed by atoms with van der Waals surface area (Å²) in [6, 6.07) is 17.7. The molecule has 0 aromatic heterocycles. The van der Waals surface area contributed by atoms with E-state index < -0.39 is 36.8 Å². The van der Waals surface area contributed by atoms with Crippen molar-refractivity contribution >= 4 is 25.9 Å². The Hall–Kier alpha value is -3.70. The van der Waals surface area contributed by atoms with Crippen molar-refractivity contribution in [2.24, 2.45) is 0 Å². The molecule has 0 saturated carbocycles. The van der Waals surface area contributed by atoms with Crippen molar-refractivity contribution in [2.75, 3.05) is 14.2 Å². The Bertz CT molecular complexity index is 1080. The van der Waals surface area contributed by atoms with Crippen LogP contribution in [0.25, 0.3) is 0 Å². The van der Waals surface area contributed by atoms with Gasteiger partial charge in [0.25, 0.3) is 5.91 Å². The predicted octanol–water partition coefficient (Wildman–Crippen LogP) is 4.24. The average molecular weight is 479 g/mol. The third-order valence-corrected chi connectivity index (χ3v) is 9.91. The zero-order chi connectivity index (χ0) is 25.4. The number of hydrogen-bond donors (Lipinski definition) is 1. The van der Waals surface area contributed by atoms with Gasteiger partial charge < -0.3 is 9.47 Å². The van der Waals surface area contributed by atoms with Crippen molar-refractivity contribution in [1.29, 1.82) is 5.26 Å². The lowest BCUT2D eigenvalue weighted by Gasteiger charge is -2.41. The normalized spacial score (nSPS) is 13.5. The molecule has 2 aromatic rings. The number of hydrogen-bond acceptors (Lipinski definition) is 6. The van der Waals surface area contributed by atoms with Crippen LogP contribution in [0.1, 0.15) is 22.3 Å². The first kappa shape index (κ1) is 26.5. The van der Waals surface area contributed by atoms with Gasteiger partial charge in [0.1, 0.15) is 5.75 Å². The summed E-state index contributed by atoms with van der Waals surface area (Å²) >= 11 is 0. The van der Waals surface area contributed by atoms with E-state index in [4.69, 9.17) is 9.47 Å². The lowest BCUT2D eigenvalue weighted by Crippen LogP contribution is -2.52. The highest BCUT2D eigenvalue weighted by Gasteiger charge is 2.55. The maximum Gasteiger partial charge on any atom is 0.330 e. The number of imide groups is 1. The largest absolute Gasteiger partial charge is 0.497 e. The molecule has 178 valence electrons. The molecule has 0 aliphatic rings. The molecular weight excluding hydrogens is 448 g/mol. The number of allylic oxidation sites excluding steroid dienone is 1. The quantitative estimate of drug-likeness (QED) is 0.311. The van der Waals surface area contributed by atoms with Gasteiger partial charge in [0.05, 0.1) is 28.4 Å². The molecule has 0 bridgehead atoms. The van der Waals surface area contributed by atoms with Gasteiger partial charge in [-0.25, -0.2) is 4.79 Å². The van der Waals surface area contributed by atoms with Crippen LogP contribution in [0.2, 0.25) is 24.7 Å². The number of carbonyl (C=O) groups excluding carboxylic acids is 3. The number of benzene rings is 2. The summed E-state index contributed by atoms with van der Waals surface area (Å²) in [5.41, 5.74) is -1.73. The van der Waals surface area contributed by atoms with Crippen LogP contribution in [-0.2, 0) is 19.7 Å². The monoisotopic (exact) mass is 478 g/mol. The second kappa shape index (κ2) is 11.4. The molecule has 1 N–H and O–H groups in total. The Morgan fingerprint density at radius 1 is 1.12 bits per heavy atom. The molecule has 34 heavy (non-hydrogen) atoms. The maximum absolute atomic E-state index is 13.3. The number of amides is 2. The van der Waals surface area contributed by atoms with Crippen LogP contribution in [-0.4, -0.2) is 40.1 Å². The van der Waals surface area contributed by atoms with E-state index >= 15 is 0 Å². The van der Waals surface area contributed by atoms with Gasteiger partial charge in [0.2, 0.25) is 5.91 Å². The van der Waals surface area contributed by atoms with Crippen molar-refractivity contribution < 1.29 is 23.9 Å². The molecule has 7 nitrogen and oxygen atoms in total. The fourth-order valence-corrected chi connectivity index (χ4v) is 7.51. The summed E-state index contributed by atoms with van der Waals surface area (Å²) in [6.45, 7) is 7.81. The smallest absolute Gasteiger partial charge is 0.330 e. The maximum atomic E-state index is 13.3. The summed E-state index contributed by atoms with van der Waals surface area (Å²) in [5, 5.41) is 12.8. The minimum Gasteiger partial charge on any atom is -0.497 e. The molecule has 2 rings (SSSR count). The van der Waals surface area contributed by atoms with Crippen LogP contribution >= 0.6 is 0 Å². The number of nitriles is 1. The number of esters is 1. The van der Waals surface area contributed by atoms with Crippen molar-refractivity contribution in [1.82, 2.24) is 5.32 Å². The Labute approximate surface area is 201 Å².